The monoisotopic (exact) mass is 313 g/mol. The van der Waals surface area contributed by atoms with E-state index >= 15 is 0 Å². The molecule has 1 aliphatic rings. The Hall–Kier alpha value is -0.810. The van der Waals surface area contributed by atoms with Crippen molar-refractivity contribution in [2.45, 2.75) is 58.0 Å². The zero-order valence-corrected chi connectivity index (χ0v) is 14.9. The van der Waals surface area contributed by atoms with Crippen molar-refractivity contribution >= 4 is 5.96 Å². The maximum atomic E-state index is 5.75. The first-order chi connectivity index (χ1) is 10.7. The van der Waals surface area contributed by atoms with E-state index < -0.39 is 0 Å². The van der Waals surface area contributed by atoms with Gasteiger partial charge < -0.3 is 20.1 Å². The molecular formula is C17H35N3O2. The van der Waals surface area contributed by atoms with Gasteiger partial charge in [-0.1, -0.05) is 33.1 Å². The highest BCUT2D eigenvalue weighted by Crippen LogP contribution is 2.23. The van der Waals surface area contributed by atoms with Gasteiger partial charge in [-0.15, -0.1) is 0 Å². The van der Waals surface area contributed by atoms with E-state index in [2.05, 4.69) is 29.5 Å². The molecule has 0 aromatic carbocycles. The van der Waals surface area contributed by atoms with Gasteiger partial charge in [0.05, 0.1) is 5.60 Å². The summed E-state index contributed by atoms with van der Waals surface area (Å²) >= 11 is 0. The van der Waals surface area contributed by atoms with Crippen LogP contribution < -0.4 is 10.6 Å². The van der Waals surface area contributed by atoms with Crippen LogP contribution in [-0.4, -0.2) is 52.0 Å². The van der Waals surface area contributed by atoms with Crippen LogP contribution in [-0.2, 0) is 9.47 Å². The van der Waals surface area contributed by atoms with Crippen molar-refractivity contribution in [3.63, 3.8) is 0 Å². The summed E-state index contributed by atoms with van der Waals surface area (Å²) in [6.45, 7) is 7.82. The molecule has 130 valence electrons. The molecule has 1 atom stereocenters. The van der Waals surface area contributed by atoms with Gasteiger partial charge in [0.2, 0.25) is 0 Å². The molecule has 2 N–H and O–H groups in total. The van der Waals surface area contributed by atoms with Gasteiger partial charge in [0.1, 0.15) is 0 Å². The topological polar surface area (TPSA) is 54.9 Å². The lowest BCUT2D eigenvalue weighted by Gasteiger charge is -2.36. The quantitative estimate of drug-likeness (QED) is 0.507. The average molecular weight is 313 g/mol. The molecule has 1 heterocycles. The Kier molecular flexibility index (Phi) is 9.48. The van der Waals surface area contributed by atoms with Crippen molar-refractivity contribution in [1.82, 2.24) is 10.6 Å². The Labute approximate surface area is 136 Å². The largest absolute Gasteiger partial charge is 0.381 e. The van der Waals surface area contributed by atoms with E-state index in [4.69, 9.17) is 9.47 Å². The molecule has 1 aliphatic heterocycles. The highest BCUT2D eigenvalue weighted by atomic mass is 16.5. The molecule has 0 aromatic heterocycles. The van der Waals surface area contributed by atoms with Gasteiger partial charge in [-0.25, -0.2) is 0 Å². The third kappa shape index (κ3) is 6.53. The molecular weight excluding hydrogens is 278 g/mol. The number of guanidine groups is 1. The number of ether oxygens (including phenoxy) is 2. The number of aliphatic imine (C=N–C) groups is 1. The minimum Gasteiger partial charge on any atom is -0.381 e. The summed E-state index contributed by atoms with van der Waals surface area (Å²) in [4.78, 5) is 4.33. The van der Waals surface area contributed by atoms with E-state index in [1.807, 2.05) is 7.05 Å². The molecule has 0 radical (unpaired) electrons. The fourth-order valence-corrected chi connectivity index (χ4v) is 2.85. The number of nitrogens with zero attached hydrogens (tertiary/aromatic N) is 1. The summed E-state index contributed by atoms with van der Waals surface area (Å²) in [5, 5.41) is 6.89. The van der Waals surface area contributed by atoms with Gasteiger partial charge in [-0.05, 0) is 12.3 Å². The lowest BCUT2D eigenvalue weighted by molar-refractivity contribution is -0.0855. The summed E-state index contributed by atoms with van der Waals surface area (Å²) in [5.41, 5.74) is -0.123. The van der Waals surface area contributed by atoms with Crippen molar-refractivity contribution < 1.29 is 9.47 Å². The molecule has 1 saturated heterocycles. The number of hydrogen-bond donors (Lipinski definition) is 2. The molecule has 0 aliphatic carbocycles. The predicted octanol–water partition coefficient (Wildman–Crippen LogP) is 2.56. The van der Waals surface area contributed by atoms with Crippen molar-refractivity contribution in [1.29, 1.82) is 0 Å². The van der Waals surface area contributed by atoms with Crippen LogP contribution >= 0.6 is 0 Å². The average Bonchev–Trinajstić information content (AvgIpc) is 2.58. The summed E-state index contributed by atoms with van der Waals surface area (Å²) in [6, 6.07) is 0. The SMILES string of the molecule is CCCCC(CC)CNC(=NC)NCC1(OC)CCOCC1. The van der Waals surface area contributed by atoms with Gasteiger partial charge in [-0.3, -0.25) is 4.99 Å². The number of nitrogens with one attached hydrogen (secondary N) is 2. The van der Waals surface area contributed by atoms with Crippen molar-refractivity contribution in [2.75, 3.05) is 40.5 Å². The molecule has 1 unspecified atom stereocenters. The second kappa shape index (κ2) is 10.8. The Bertz CT molecular complexity index is 315. The predicted molar refractivity (Wildman–Crippen MR) is 92.5 cm³/mol. The Morgan fingerprint density at radius 1 is 1.27 bits per heavy atom. The summed E-state index contributed by atoms with van der Waals surface area (Å²) in [7, 11) is 3.62. The first-order valence-electron chi connectivity index (χ1n) is 8.77. The van der Waals surface area contributed by atoms with E-state index in [0.29, 0.717) is 0 Å². The number of hydrogen-bond acceptors (Lipinski definition) is 3. The molecule has 0 spiro atoms. The van der Waals surface area contributed by atoms with Gasteiger partial charge in [0.15, 0.2) is 5.96 Å². The van der Waals surface area contributed by atoms with Gasteiger partial charge in [0.25, 0.3) is 0 Å². The van der Waals surface area contributed by atoms with Crippen LogP contribution in [0.5, 0.6) is 0 Å². The molecule has 0 saturated carbocycles. The Morgan fingerprint density at radius 2 is 2.00 bits per heavy atom. The fraction of sp³-hybridized carbons (Fsp3) is 0.941. The van der Waals surface area contributed by atoms with Gasteiger partial charge in [-0.2, -0.15) is 0 Å². The smallest absolute Gasteiger partial charge is 0.191 e. The van der Waals surface area contributed by atoms with Crippen LogP contribution in [0.2, 0.25) is 0 Å². The van der Waals surface area contributed by atoms with Gasteiger partial charge >= 0.3 is 0 Å². The minimum atomic E-state index is -0.123. The van der Waals surface area contributed by atoms with Crippen LogP contribution in [0, 0.1) is 5.92 Å². The summed E-state index contributed by atoms with van der Waals surface area (Å²) in [5.74, 6) is 1.59. The molecule has 0 bridgehead atoms. The van der Waals surface area contributed by atoms with Crippen molar-refractivity contribution in [3.8, 4) is 0 Å². The summed E-state index contributed by atoms with van der Waals surface area (Å²) in [6.07, 6.45) is 6.93. The second-order valence-electron chi connectivity index (χ2n) is 6.22. The maximum Gasteiger partial charge on any atom is 0.191 e. The third-order valence-corrected chi connectivity index (χ3v) is 4.74. The summed E-state index contributed by atoms with van der Waals surface area (Å²) < 4.78 is 11.2. The van der Waals surface area contributed by atoms with Crippen molar-refractivity contribution in [3.05, 3.63) is 0 Å². The van der Waals surface area contributed by atoms with Gasteiger partial charge in [0, 0.05) is 53.3 Å². The van der Waals surface area contributed by atoms with Crippen LogP contribution in [0.1, 0.15) is 52.4 Å². The standard InChI is InChI=1S/C17H35N3O2/c1-5-7-8-15(6-2)13-19-16(18-3)20-14-17(21-4)9-11-22-12-10-17/h15H,5-14H2,1-4H3,(H2,18,19,20). The molecule has 1 fully saturated rings. The molecule has 5 nitrogen and oxygen atoms in total. The Balaban J connectivity index is 2.38. The zero-order chi connectivity index (χ0) is 16.3. The van der Waals surface area contributed by atoms with Crippen LogP contribution in [0.3, 0.4) is 0 Å². The molecule has 1 rings (SSSR count). The normalized spacial score (nSPS) is 19.7. The van der Waals surface area contributed by atoms with E-state index in [1.54, 1.807) is 7.11 Å². The lowest BCUT2D eigenvalue weighted by Crippen LogP contribution is -2.51. The zero-order valence-electron chi connectivity index (χ0n) is 14.9. The molecule has 5 heteroatoms. The van der Waals surface area contributed by atoms with E-state index in [-0.39, 0.29) is 5.60 Å². The molecule has 22 heavy (non-hydrogen) atoms. The first kappa shape index (κ1) is 19.2. The maximum absolute atomic E-state index is 5.75. The van der Waals surface area contributed by atoms with E-state index in [9.17, 15) is 0 Å². The Morgan fingerprint density at radius 3 is 2.55 bits per heavy atom. The highest BCUT2D eigenvalue weighted by molar-refractivity contribution is 5.79. The third-order valence-electron chi connectivity index (χ3n) is 4.74. The second-order valence-corrected chi connectivity index (χ2v) is 6.22. The first-order valence-corrected chi connectivity index (χ1v) is 8.77. The van der Waals surface area contributed by atoms with Crippen LogP contribution in [0.4, 0.5) is 0 Å². The lowest BCUT2D eigenvalue weighted by atomic mass is 9.94. The van der Waals surface area contributed by atoms with E-state index in [1.165, 1.54) is 25.7 Å². The van der Waals surface area contributed by atoms with Crippen molar-refractivity contribution in [2.24, 2.45) is 10.9 Å². The fourth-order valence-electron chi connectivity index (χ4n) is 2.85. The van der Waals surface area contributed by atoms with Crippen LogP contribution in [0.15, 0.2) is 4.99 Å². The van der Waals surface area contributed by atoms with Crippen LogP contribution in [0.25, 0.3) is 0 Å². The molecule has 0 amide bonds. The van der Waals surface area contributed by atoms with E-state index in [0.717, 1.165) is 51.0 Å². The number of rotatable bonds is 9. The molecule has 0 aromatic rings. The number of methoxy groups -OCH3 is 1. The highest BCUT2D eigenvalue weighted by Gasteiger charge is 2.32. The number of unbranched alkanes of at least 4 members (excludes halogenated alkanes) is 1. The minimum absolute atomic E-state index is 0.123.